The van der Waals surface area contributed by atoms with Crippen LogP contribution in [0.15, 0.2) is 46.9 Å². The van der Waals surface area contributed by atoms with E-state index in [1.165, 1.54) is 12.8 Å². The lowest BCUT2D eigenvalue weighted by molar-refractivity contribution is 0.474. The van der Waals surface area contributed by atoms with E-state index in [2.05, 4.69) is 9.88 Å². The molecule has 0 aliphatic carbocycles. The minimum absolute atomic E-state index is 0.199. The largest absolute Gasteiger partial charge is 0.507 e. The SMILES string of the molecule is Oc1ccc(N2CCCC2)cc1-c1nc2ccccc2o1. The zero-order valence-corrected chi connectivity index (χ0v) is 11.6. The number of nitrogens with zero attached hydrogens (tertiary/aromatic N) is 2. The van der Waals surface area contributed by atoms with E-state index in [-0.39, 0.29) is 5.75 Å². The van der Waals surface area contributed by atoms with Crippen LogP contribution in [0.3, 0.4) is 0 Å². The molecule has 2 aromatic carbocycles. The average molecular weight is 280 g/mol. The van der Waals surface area contributed by atoms with Crippen LogP contribution >= 0.6 is 0 Å². The highest BCUT2D eigenvalue weighted by atomic mass is 16.3. The predicted molar refractivity (Wildman–Crippen MR) is 82.6 cm³/mol. The molecule has 4 nitrogen and oxygen atoms in total. The van der Waals surface area contributed by atoms with Gasteiger partial charge < -0.3 is 14.4 Å². The third-order valence-corrected chi connectivity index (χ3v) is 3.98. The van der Waals surface area contributed by atoms with Gasteiger partial charge in [0.1, 0.15) is 11.3 Å². The highest BCUT2D eigenvalue weighted by Crippen LogP contribution is 2.35. The van der Waals surface area contributed by atoms with Crippen molar-refractivity contribution in [2.24, 2.45) is 0 Å². The lowest BCUT2D eigenvalue weighted by Crippen LogP contribution is -2.17. The summed E-state index contributed by atoms with van der Waals surface area (Å²) in [7, 11) is 0. The molecule has 3 aromatic rings. The normalized spacial score (nSPS) is 15.0. The standard InChI is InChI=1S/C17H16N2O2/c20-15-8-7-12(19-9-3-4-10-19)11-13(15)17-18-14-5-1-2-6-16(14)21-17/h1-2,5-8,11,20H,3-4,9-10H2. The second-order valence-electron chi connectivity index (χ2n) is 5.38. The van der Waals surface area contributed by atoms with Crippen LogP contribution in [0.2, 0.25) is 0 Å². The summed E-state index contributed by atoms with van der Waals surface area (Å²) in [6.45, 7) is 2.13. The summed E-state index contributed by atoms with van der Waals surface area (Å²) in [4.78, 5) is 6.79. The van der Waals surface area contributed by atoms with E-state index >= 15 is 0 Å². The van der Waals surface area contributed by atoms with Gasteiger partial charge in [0.05, 0.1) is 5.56 Å². The van der Waals surface area contributed by atoms with E-state index in [0.717, 1.165) is 29.9 Å². The van der Waals surface area contributed by atoms with Crippen molar-refractivity contribution in [3.8, 4) is 17.2 Å². The quantitative estimate of drug-likeness (QED) is 0.775. The summed E-state index contributed by atoms with van der Waals surface area (Å²) in [5.41, 5.74) is 3.30. The fraction of sp³-hybridized carbons (Fsp3) is 0.235. The topological polar surface area (TPSA) is 49.5 Å². The van der Waals surface area contributed by atoms with E-state index in [4.69, 9.17) is 4.42 Å². The van der Waals surface area contributed by atoms with Gasteiger partial charge in [0.2, 0.25) is 5.89 Å². The van der Waals surface area contributed by atoms with Crippen LogP contribution < -0.4 is 4.90 Å². The van der Waals surface area contributed by atoms with Crippen molar-refractivity contribution < 1.29 is 9.52 Å². The van der Waals surface area contributed by atoms with Crippen LogP contribution in [0, 0.1) is 0 Å². The maximum atomic E-state index is 10.1. The predicted octanol–water partition coefficient (Wildman–Crippen LogP) is 3.80. The molecule has 0 radical (unpaired) electrons. The van der Waals surface area contributed by atoms with Gasteiger partial charge in [0.25, 0.3) is 0 Å². The Balaban J connectivity index is 1.80. The van der Waals surface area contributed by atoms with Gasteiger partial charge in [-0.3, -0.25) is 0 Å². The summed E-state index contributed by atoms with van der Waals surface area (Å²) >= 11 is 0. The monoisotopic (exact) mass is 280 g/mol. The average Bonchev–Trinajstić information content (AvgIpc) is 3.17. The number of para-hydroxylation sites is 2. The number of oxazole rings is 1. The number of phenolic OH excluding ortho intramolecular Hbond substituents is 1. The van der Waals surface area contributed by atoms with Crippen molar-refractivity contribution in [1.82, 2.24) is 4.98 Å². The Morgan fingerprint density at radius 3 is 2.67 bits per heavy atom. The van der Waals surface area contributed by atoms with Gasteiger partial charge in [-0.1, -0.05) is 12.1 Å². The first kappa shape index (κ1) is 12.3. The second-order valence-corrected chi connectivity index (χ2v) is 5.38. The molecular formula is C17H16N2O2. The molecule has 0 amide bonds. The summed E-state index contributed by atoms with van der Waals surface area (Å²) in [6, 6.07) is 13.3. The second kappa shape index (κ2) is 4.81. The fourth-order valence-electron chi connectivity index (χ4n) is 2.85. The maximum Gasteiger partial charge on any atom is 0.231 e. The Labute approximate surface area is 122 Å². The smallest absolute Gasteiger partial charge is 0.231 e. The number of hydrogen-bond acceptors (Lipinski definition) is 4. The minimum Gasteiger partial charge on any atom is -0.507 e. The molecule has 1 saturated heterocycles. The highest BCUT2D eigenvalue weighted by Gasteiger charge is 2.17. The number of rotatable bonds is 2. The van der Waals surface area contributed by atoms with Gasteiger partial charge in [-0.25, -0.2) is 4.98 Å². The summed E-state index contributed by atoms with van der Waals surface area (Å²) in [5, 5.41) is 10.1. The first-order valence-electron chi connectivity index (χ1n) is 7.25. The molecule has 0 atom stereocenters. The van der Waals surface area contributed by atoms with E-state index in [0.29, 0.717) is 11.5 Å². The van der Waals surface area contributed by atoms with Crippen molar-refractivity contribution >= 4 is 16.8 Å². The van der Waals surface area contributed by atoms with Crippen molar-refractivity contribution in [3.05, 3.63) is 42.5 Å². The molecule has 1 N–H and O–H groups in total. The Hall–Kier alpha value is -2.49. The van der Waals surface area contributed by atoms with E-state index < -0.39 is 0 Å². The first-order chi connectivity index (χ1) is 10.3. The molecular weight excluding hydrogens is 264 g/mol. The lowest BCUT2D eigenvalue weighted by atomic mass is 10.1. The number of anilines is 1. The number of hydrogen-bond donors (Lipinski definition) is 1. The van der Waals surface area contributed by atoms with Gasteiger partial charge in [0, 0.05) is 18.8 Å². The van der Waals surface area contributed by atoms with Crippen LogP contribution in [0.4, 0.5) is 5.69 Å². The minimum atomic E-state index is 0.199. The van der Waals surface area contributed by atoms with Gasteiger partial charge >= 0.3 is 0 Å². The molecule has 1 aliphatic heterocycles. The number of fused-ring (bicyclic) bond motifs is 1. The van der Waals surface area contributed by atoms with Crippen LogP contribution in [-0.2, 0) is 0 Å². The molecule has 1 aromatic heterocycles. The molecule has 0 bridgehead atoms. The molecule has 106 valence electrons. The Morgan fingerprint density at radius 1 is 1.05 bits per heavy atom. The molecule has 4 heteroatoms. The molecule has 1 aliphatic rings. The number of aromatic hydroxyl groups is 1. The zero-order chi connectivity index (χ0) is 14.2. The number of aromatic nitrogens is 1. The zero-order valence-electron chi connectivity index (χ0n) is 11.6. The van der Waals surface area contributed by atoms with E-state index in [1.54, 1.807) is 6.07 Å². The summed E-state index contributed by atoms with van der Waals surface area (Å²) < 4.78 is 5.76. The lowest BCUT2D eigenvalue weighted by Gasteiger charge is -2.18. The summed E-state index contributed by atoms with van der Waals surface area (Å²) in [6.07, 6.45) is 2.44. The highest BCUT2D eigenvalue weighted by molar-refractivity contribution is 5.78. The van der Waals surface area contributed by atoms with Crippen molar-refractivity contribution in [3.63, 3.8) is 0 Å². The molecule has 4 rings (SSSR count). The molecule has 21 heavy (non-hydrogen) atoms. The molecule has 1 fully saturated rings. The third-order valence-electron chi connectivity index (χ3n) is 3.98. The van der Waals surface area contributed by atoms with Crippen LogP contribution in [-0.4, -0.2) is 23.2 Å². The molecule has 0 unspecified atom stereocenters. The van der Waals surface area contributed by atoms with Crippen LogP contribution in [0.25, 0.3) is 22.6 Å². The molecule has 2 heterocycles. The van der Waals surface area contributed by atoms with E-state index in [9.17, 15) is 5.11 Å². The van der Waals surface area contributed by atoms with Crippen molar-refractivity contribution in [1.29, 1.82) is 0 Å². The Bertz CT molecular complexity index is 755. The Kier molecular flexibility index (Phi) is 2.81. The van der Waals surface area contributed by atoms with E-state index in [1.807, 2.05) is 36.4 Å². The maximum absolute atomic E-state index is 10.1. The molecule has 0 spiro atoms. The Morgan fingerprint density at radius 2 is 1.86 bits per heavy atom. The van der Waals surface area contributed by atoms with Gasteiger partial charge in [-0.05, 0) is 43.2 Å². The van der Waals surface area contributed by atoms with Gasteiger partial charge in [-0.2, -0.15) is 0 Å². The number of benzene rings is 2. The fourth-order valence-corrected chi connectivity index (χ4v) is 2.85. The van der Waals surface area contributed by atoms with Crippen molar-refractivity contribution in [2.45, 2.75) is 12.8 Å². The molecule has 0 saturated carbocycles. The third kappa shape index (κ3) is 2.13. The number of phenols is 1. The van der Waals surface area contributed by atoms with Crippen molar-refractivity contribution in [2.75, 3.05) is 18.0 Å². The van der Waals surface area contributed by atoms with Gasteiger partial charge in [0.15, 0.2) is 5.58 Å². The summed E-state index contributed by atoms with van der Waals surface area (Å²) in [5.74, 6) is 0.666. The van der Waals surface area contributed by atoms with Crippen LogP contribution in [0.5, 0.6) is 5.75 Å². The van der Waals surface area contributed by atoms with Gasteiger partial charge in [-0.15, -0.1) is 0 Å². The first-order valence-corrected chi connectivity index (χ1v) is 7.25. The van der Waals surface area contributed by atoms with Crippen LogP contribution in [0.1, 0.15) is 12.8 Å².